The van der Waals surface area contributed by atoms with E-state index in [1.807, 2.05) is 85.8 Å². The Kier molecular flexibility index (Phi) is 12.1. The van der Waals surface area contributed by atoms with Crippen molar-refractivity contribution in [1.82, 2.24) is 5.32 Å². The van der Waals surface area contributed by atoms with Crippen LogP contribution in [0.3, 0.4) is 0 Å². The molecule has 0 aliphatic rings. The number of carboxylic acids is 1. The molecule has 0 heterocycles. The monoisotopic (exact) mass is 563 g/mol. The van der Waals surface area contributed by atoms with Crippen molar-refractivity contribution in [3.8, 4) is 22.6 Å². The van der Waals surface area contributed by atoms with Gasteiger partial charge in [-0.05, 0) is 77.9 Å². The summed E-state index contributed by atoms with van der Waals surface area (Å²) in [4.78, 5) is 25.1. The standard InChI is InChI=1S/C33H33NO5S.Li.H/c1-23-8-6-7-11-28(23)30-22-25(16-19-29(30)32(35)34-31(33(36)37)20-21-40(2)38)13-12-24-14-17-27(18-15-24)39-26-9-4-3-5-10-26;;/h3-11,14-19,22,31H,12-13,20-21H2,1-2H3,(H,34,35)(H,36,37);;. The Morgan fingerprint density at radius 3 is 2.12 bits per heavy atom. The summed E-state index contributed by atoms with van der Waals surface area (Å²) in [6.45, 7) is 1.99. The maximum atomic E-state index is 13.3. The Balaban J connectivity index is 0.00000462. The Labute approximate surface area is 256 Å². The summed E-state index contributed by atoms with van der Waals surface area (Å²) >= 11 is -1.15. The molecule has 0 spiro atoms. The second-order valence-corrected chi connectivity index (χ2v) is 11.2. The van der Waals surface area contributed by atoms with Gasteiger partial charge in [0, 0.05) is 12.0 Å². The van der Waals surface area contributed by atoms with Gasteiger partial charge in [0.2, 0.25) is 0 Å². The van der Waals surface area contributed by atoms with Crippen molar-refractivity contribution in [3.05, 3.63) is 119 Å². The molecule has 208 valence electrons. The molecule has 6 nitrogen and oxygen atoms in total. The summed E-state index contributed by atoms with van der Waals surface area (Å²) in [6, 6.07) is 30.1. The van der Waals surface area contributed by atoms with Crippen molar-refractivity contribution < 1.29 is 24.0 Å². The molecular formula is C33H34LiNO5S. The predicted octanol–water partition coefficient (Wildman–Crippen LogP) is 5.54. The second-order valence-electron chi connectivity index (χ2n) is 9.68. The fraction of sp³-hybridized carbons (Fsp3) is 0.212. The summed E-state index contributed by atoms with van der Waals surface area (Å²) in [6.07, 6.45) is 3.18. The summed E-state index contributed by atoms with van der Waals surface area (Å²) in [7, 11) is 0. The third-order valence-electron chi connectivity index (χ3n) is 6.67. The van der Waals surface area contributed by atoms with Gasteiger partial charge in [-0.15, -0.1) is 0 Å². The number of ether oxygens (including phenoxy) is 1. The van der Waals surface area contributed by atoms with Gasteiger partial charge in [0.25, 0.3) is 5.91 Å². The normalized spacial score (nSPS) is 12.1. The second kappa shape index (κ2) is 15.5. The molecule has 0 fully saturated rings. The molecular weight excluding hydrogens is 529 g/mol. The Bertz CT molecular complexity index is 1440. The van der Waals surface area contributed by atoms with Crippen molar-refractivity contribution >= 4 is 41.9 Å². The van der Waals surface area contributed by atoms with Gasteiger partial charge in [0.05, 0.1) is 6.26 Å². The van der Waals surface area contributed by atoms with Crippen LogP contribution in [-0.2, 0) is 28.8 Å². The van der Waals surface area contributed by atoms with Gasteiger partial charge in [-0.3, -0.25) is 4.79 Å². The molecule has 8 heteroatoms. The van der Waals surface area contributed by atoms with Crippen LogP contribution in [0.1, 0.15) is 33.5 Å². The van der Waals surface area contributed by atoms with E-state index in [1.54, 1.807) is 6.07 Å². The number of carbonyl (C=O) groups is 2. The number of nitrogens with one attached hydrogen (secondary N) is 1. The van der Waals surface area contributed by atoms with Gasteiger partial charge in [0.1, 0.15) is 23.3 Å². The number of benzene rings is 4. The van der Waals surface area contributed by atoms with Crippen molar-refractivity contribution in [2.45, 2.75) is 32.2 Å². The summed E-state index contributed by atoms with van der Waals surface area (Å²) in [5.41, 5.74) is 5.32. The zero-order valence-electron chi connectivity index (χ0n) is 22.6. The summed E-state index contributed by atoms with van der Waals surface area (Å²) in [5.74, 6) is 0.150. The number of para-hydroxylation sites is 1. The van der Waals surface area contributed by atoms with Crippen molar-refractivity contribution in [3.63, 3.8) is 0 Å². The quantitative estimate of drug-likeness (QED) is 0.174. The van der Waals surface area contributed by atoms with Crippen LogP contribution in [0, 0.1) is 6.92 Å². The first-order valence-electron chi connectivity index (χ1n) is 13.1. The first-order valence-corrected chi connectivity index (χ1v) is 14.9. The van der Waals surface area contributed by atoms with E-state index in [4.69, 9.17) is 4.74 Å². The molecule has 0 saturated heterocycles. The van der Waals surface area contributed by atoms with Crippen LogP contribution in [0.15, 0.2) is 97.1 Å². The third-order valence-corrected chi connectivity index (χ3v) is 7.48. The molecule has 4 aromatic carbocycles. The molecule has 0 aliphatic carbocycles. The molecule has 1 amide bonds. The van der Waals surface area contributed by atoms with E-state index < -0.39 is 29.1 Å². The number of amides is 1. The van der Waals surface area contributed by atoms with E-state index in [-0.39, 0.29) is 31.0 Å². The van der Waals surface area contributed by atoms with Crippen LogP contribution in [0.2, 0.25) is 0 Å². The zero-order chi connectivity index (χ0) is 28.5. The fourth-order valence-corrected chi connectivity index (χ4v) is 5.03. The molecule has 2 N–H and O–H groups in total. The molecule has 41 heavy (non-hydrogen) atoms. The molecule has 0 bridgehead atoms. The number of carboxylic acid groups (broad SMARTS) is 1. The van der Waals surface area contributed by atoms with Crippen LogP contribution in [0.25, 0.3) is 11.1 Å². The Morgan fingerprint density at radius 2 is 1.46 bits per heavy atom. The Hall–Kier alpha value is -3.47. The van der Waals surface area contributed by atoms with Crippen molar-refractivity contribution in [2.24, 2.45) is 0 Å². The van der Waals surface area contributed by atoms with Crippen molar-refractivity contribution in [2.75, 3.05) is 12.0 Å². The maximum absolute atomic E-state index is 13.3. The molecule has 4 aromatic rings. The average molecular weight is 564 g/mol. The van der Waals surface area contributed by atoms with Crippen LogP contribution in [0.5, 0.6) is 11.5 Å². The average Bonchev–Trinajstić information content (AvgIpc) is 2.95. The summed E-state index contributed by atoms with van der Waals surface area (Å²) < 4.78 is 17.4. The van der Waals surface area contributed by atoms with E-state index in [0.717, 1.165) is 52.2 Å². The minimum absolute atomic E-state index is 0. The molecule has 2 atom stereocenters. The van der Waals surface area contributed by atoms with Crippen LogP contribution < -0.4 is 10.1 Å². The number of hydrogen-bond acceptors (Lipinski definition) is 4. The number of hydrogen-bond donors (Lipinski definition) is 2. The molecule has 4 rings (SSSR count). The van der Waals surface area contributed by atoms with Crippen LogP contribution in [-0.4, -0.2) is 58.4 Å². The van der Waals surface area contributed by atoms with E-state index in [0.29, 0.717) is 5.56 Å². The third kappa shape index (κ3) is 9.27. The molecule has 2 unspecified atom stereocenters. The van der Waals surface area contributed by atoms with Crippen molar-refractivity contribution in [1.29, 1.82) is 0 Å². The van der Waals surface area contributed by atoms with E-state index >= 15 is 0 Å². The van der Waals surface area contributed by atoms with Crippen LogP contribution in [0.4, 0.5) is 0 Å². The number of carbonyl (C=O) groups excluding carboxylic acids is 1. The zero-order valence-corrected chi connectivity index (χ0v) is 23.4. The first kappa shape index (κ1) is 32.0. The fourth-order valence-electron chi connectivity index (χ4n) is 4.46. The van der Waals surface area contributed by atoms with Crippen LogP contribution >= 0.6 is 0 Å². The summed E-state index contributed by atoms with van der Waals surface area (Å²) in [5, 5.41) is 12.2. The SMILES string of the molecule is Cc1ccccc1-c1cc(CCc2ccc(Oc3ccccc3)cc2)ccc1C(=O)NC(CC[S+](C)[O-])C(=O)O.[LiH]. The number of aliphatic carboxylic acids is 1. The van der Waals surface area contributed by atoms with Gasteiger partial charge >= 0.3 is 24.8 Å². The molecule has 0 aromatic heterocycles. The van der Waals surface area contributed by atoms with Gasteiger partial charge in [-0.25, -0.2) is 4.79 Å². The van der Waals surface area contributed by atoms with Gasteiger partial charge in [0.15, 0.2) is 0 Å². The van der Waals surface area contributed by atoms with Gasteiger partial charge in [-0.2, -0.15) is 0 Å². The first-order chi connectivity index (χ1) is 19.3. The Morgan fingerprint density at radius 1 is 0.854 bits per heavy atom. The van der Waals surface area contributed by atoms with Gasteiger partial charge in [-0.1, -0.05) is 77.9 Å². The predicted molar refractivity (Wildman–Crippen MR) is 167 cm³/mol. The number of aryl methyl sites for hydroxylation is 3. The van der Waals surface area contributed by atoms with E-state index in [1.165, 1.54) is 6.26 Å². The number of rotatable bonds is 12. The van der Waals surface area contributed by atoms with Gasteiger partial charge < -0.3 is 19.7 Å². The minimum atomic E-state index is -1.15. The molecule has 0 radical (unpaired) electrons. The topological polar surface area (TPSA) is 98.7 Å². The van der Waals surface area contributed by atoms with E-state index in [9.17, 15) is 19.2 Å². The molecule has 0 saturated carbocycles. The van der Waals surface area contributed by atoms with E-state index in [2.05, 4.69) is 17.4 Å². The molecule has 0 aliphatic heterocycles.